The number of carbonyl (C=O) groups is 1. The highest BCUT2D eigenvalue weighted by molar-refractivity contribution is 5.81. The van der Waals surface area contributed by atoms with Crippen LogP contribution in [0.25, 0.3) is 0 Å². The van der Waals surface area contributed by atoms with E-state index in [9.17, 15) is 4.79 Å². The summed E-state index contributed by atoms with van der Waals surface area (Å²) in [6.45, 7) is 2.25. The molecule has 0 unspecified atom stereocenters. The van der Waals surface area contributed by atoms with E-state index >= 15 is 0 Å². The van der Waals surface area contributed by atoms with Crippen molar-refractivity contribution >= 4 is 5.78 Å². The van der Waals surface area contributed by atoms with Crippen LogP contribution in [0.2, 0.25) is 0 Å². The Labute approximate surface area is 119 Å². The molecule has 0 heterocycles. The molecule has 0 saturated heterocycles. The molecule has 0 N–H and O–H groups in total. The van der Waals surface area contributed by atoms with Gasteiger partial charge in [-0.3, -0.25) is 4.79 Å². The van der Waals surface area contributed by atoms with E-state index in [-0.39, 0.29) is 5.78 Å². The Bertz CT molecular complexity index is 200. The summed E-state index contributed by atoms with van der Waals surface area (Å²) in [5.74, 6) is 0.0598. The third kappa shape index (κ3) is 11.1. The van der Waals surface area contributed by atoms with E-state index in [0.717, 1.165) is 12.8 Å². The molecular formula is C16H32O3. The van der Waals surface area contributed by atoms with Crippen LogP contribution in [0.5, 0.6) is 0 Å². The zero-order valence-corrected chi connectivity index (χ0v) is 13.1. The average molecular weight is 272 g/mol. The van der Waals surface area contributed by atoms with E-state index in [2.05, 4.69) is 6.92 Å². The van der Waals surface area contributed by atoms with Crippen LogP contribution in [0, 0.1) is 0 Å². The lowest BCUT2D eigenvalue weighted by Crippen LogP contribution is -2.24. The largest absolute Gasteiger partial charge is 0.349 e. The monoisotopic (exact) mass is 272 g/mol. The van der Waals surface area contributed by atoms with Crippen molar-refractivity contribution in [3.05, 3.63) is 0 Å². The van der Waals surface area contributed by atoms with Crippen molar-refractivity contribution in [2.24, 2.45) is 0 Å². The van der Waals surface area contributed by atoms with Crippen LogP contribution in [0.3, 0.4) is 0 Å². The van der Waals surface area contributed by atoms with Crippen molar-refractivity contribution in [3.63, 3.8) is 0 Å². The summed E-state index contributed by atoms with van der Waals surface area (Å²) in [7, 11) is 3.01. The molecule has 3 heteroatoms. The van der Waals surface area contributed by atoms with Gasteiger partial charge in [0.15, 0.2) is 5.78 Å². The molecule has 0 aliphatic rings. The zero-order valence-electron chi connectivity index (χ0n) is 13.1. The van der Waals surface area contributed by atoms with Crippen LogP contribution in [0.15, 0.2) is 0 Å². The van der Waals surface area contributed by atoms with Crippen molar-refractivity contribution in [2.45, 2.75) is 83.8 Å². The van der Waals surface area contributed by atoms with Crippen molar-refractivity contribution in [1.82, 2.24) is 0 Å². The predicted molar refractivity (Wildman–Crippen MR) is 79.3 cm³/mol. The Hall–Kier alpha value is -0.410. The summed E-state index contributed by atoms with van der Waals surface area (Å²) in [4.78, 5) is 11.6. The minimum Gasteiger partial charge on any atom is -0.349 e. The molecule has 0 radical (unpaired) electrons. The van der Waals surface area contributed by atoms with Gasteiger partial charge in [0.05, 0.1) is 0 Å². The normalized spacial score (nSPS) is 11.2. The van der Waals surface area contributed by atoms with Gasteiger partial charge >= 0.3 is 0 Å². The summed E-state index contributed by atoms with van der Waals surface area (Å²) < 4.78 is 9.86. The van der Waals surface area contributed by atoms with Crippen molar-refractivity contribution < 1.29 is 14.3 Å². The third-order valence-corrected chi connectivity index (χ3v) is 3.47. The fraction of sp³-hybridized carbons (Fsp3) is 0.938. The summed E-state index contributed by atoms with van der Waals surface area (Å²) in [5.41, 5.74) is 0. The van der Waals surface area contributed by atoms with Crippen LogP contribution in [0.4, 0.5) is 0 Å². The molecule has 0 aromatic carbocycles. The van der Waals surface area contributed by atoms with Crippen LogP contribution < -0.4 is 0 Å². The highest BCUT2D eigenvalue weighted by atomic mass is 16.7. The van der Waals surface area contributed by atoms with Gasteiger partial charge in [-0.1, -0.05) is 64.7 Å². The molecule has 0 aliphatic carbocycles. The smallest absolute Gasteiger partial charge is 0.217 e. The second-order valence-electron chi connectivity index (χ2n) is 5.20. The quantitative estimate of drug-likeness (QED) is 0.345. The second kappa shape index (κ2) is 14.0. The predicted octanol–water partition coefficient (Wildman–Crippen LogP) is 4.49. The Balaban J connectivity index is 3.24. The van der Waals surface area contributed by atoms with Crippen LogP contribution in [0.1, 0.15) is 77.6 Å². The first-order valence-corrected chi connectivity index (χ1v) is 7.84. The van der Waals surface area contributed by atoms with E-state index in [4.69, 9.17) is 9.47 Å². The third-order valence-electron chi connectivity index (χ3n) is 3.47. The second-order valence-corrected chi connectivity index (χ2v) is 5.20. The van der Waals surface area contributed by atoms with E-state index in [1.807, 2.05) is 0 Å². The summed E-state index contributed by atoms with van der Waals surface area (Å²) >= 11 is 0. The molecule has 0 saturated carbocycles. The van der Waals surface area contributed by atoms with Gasteiger partial charge < -0.3 is 9.47 Å². The summed E-state index contributed by atoms with van der Waals surface area (Å²) in [6, 6.07) is 0. The molecule has 3 nitrogen and oxygen atoms in total. The Morgan fingerprint density at radius 1 is 0.789 bits per heavy atom. The highest BCUT2D eigenvalue weighted by Gasteiger charge is 2.15. The fourth-order valence-corrected chi connectivity index (χ4v) is 2.26. The number of hydrogen-bond acceptors (Lipinski definition) is 3. The maximum absolute atomic E-state index is 11.6. The van der Waals surface area contributed by atoms with E-state index in [1.165, 1.54) is 65.6 Å². The van der Waals surface area contributed by atoms with Gasteiger partial charge in [0, 0.05) is 20.6 Å². The Morgan fingerprint density at radius 2 is 1.21 bits per heavy atom. The van der Waals surface area contributed by atoms with E-state index in [0.29, 0.717) is 6.42 Å². The fourth-order valence-electron chi connectivity index (χ4n) is 2.26. The Morgan fingerprint density at radius 3 is 1.63 bits per heavy atom. The average Bonchev–Trinajstić information content (AvgIpc) is 2.42. The Kier molecular flexibility index (Phi) is 13.7. The van der Waals surface area contributed by atoms with Crippen molar-refractivity contribution in [3.8, 4) is 0 Å². The number of Topliss-reactive ketones (excluding diaryl/α,β-unsaturated/α-hetero) is 1. The molecular weight excluding hydrogens is 240 g/mol. The number of unbranched alkanes of at least 4 members (excludes halogenated alkanes) is 9. The lowest BCUT2D eigenvalue weighted by atomic mass is 10.0. The number of methoxy groups -OCH3 is 2. The first-order valence-electron chi connectivity index (χ1n) is 7.84. The van der Waals surface area contributed by atoms with Crippen LogP contribution in [-0.2, 0) is 14.3 Å². The van der Waals surface area contributed by atoms with Gasteiger partial charge in [-0.25, -0.2) is 0 Å². The molecule has 114 valence electrons. The molecule has 0 spiro atoms. The van der Waals surface area contributed by atoms with Crippen LogP contribution in [-0.4, -0.2) is 26.3 Å². The number of rotatable bonds is 14. The number of ether oxygens (including phenoxy) is 2. The van der Waals surface area contributed by atoms with Crippen molar-refractivity contribution in [2.75, 3.05) is 14.2 Å². The topological polar surface area (TPSA) is 35.5 Å². The SMILES string of the molecule is CCCCCCCCCCCCC(=O)C(OC)OC. The lowest BCUT2D eigenvalue weighted by molar-refractivity contribution is -0.156. The molecule has 0 aliphatic heterocycles. The van der Waals surface area contributed by atoms with Gasteiger partial charge in [-0.2, -0.15) is 0 Å². The molecule has 0 rings (SSSR count). The zero-order chi connectivity index (χ0) is 14.3. The molecule has 0 amide bonds. The summed E-state index contributed by atoms with van der Waals surface area (Å²) in [5, 5.41) is 0. The molecule has 0 bridgehead atoms. The standard InChI is InChI=1S/C16H32O3/c1-4-5-6-7-8-9-10-11-12-13-14-15(17)16(18-2)19-3/h16H,4-14H2,1-3H3. The minimum absolute atomic E-state index is 0.0598. The molecule has 0 atom stereocenters. The van der Waals surface area contributed by atoms with Gasteiger partial charge in [0.25, 0.3) is 0 Å². The maximum Gasteiger partial charge on any atom is 0.217 e. The van der Waals surface area contributed by atoms with Gasteiger partial charge in [-0.05, 0) is 6.42 Å². The first-order chi connectivity index (χ1) is 9.26. The van der Waals surface area contributed by atoms with Crippen molar-refractivity contribution in [1.29, 1.82) is 0 Å². The molecule has 19 heavy (non-hydrogen) atoms. The van der Waals surface area contributed by atoms with E-state index < -0.39 is 6.29 Å². The first kappa shape index (κ1) is 18.6. The molecule has 0 fully saturated rings. The van der Waals surface area contributed by atoms with Crippen LogP contribution >= 0.6 is 0 Å². The number of carbonyl (C=O) groups excluding carboxylic acids is 1. The van der Waals surface area contributed by atoms with Gasteiger partial charge in [0.2, 0.25) is 6.29 Å². The number of ketones is 1. The number of hydrogen-bond donors (Lipinski definition) is 0. The van der Waals surface area contributed by atoms with E-state index in [1.54, 1.807) is 0 Å². The highest BCUT2D eigenvalue weighted by Crippen LogP contribution is 2.12. The molecule has 0 aromatic heterocycles. The molecule has 0 aromatic rings. The maximum atomic E-state index is 11.6. The lowest BCUT2D eigenvalue weighted by Gasteiger charge is -2.11. The van der Waals surface area contributed by atoms with Gasteiger partial charge in [-0.15, -0.1) is 0 Å². The summed E-state index contributed by atoms with van der Waals surface area (Å²) in [6.07, 6.45) is 12.7. The minimum atomic E-state index is -0.668. The van der Waals surface area contributed by atoms with Gasteiger partial charge in [0.1, 0.15) is 0 Å².